The van der Waals surface area contributed by atoms with E-state index in [1.165, 1.54) is 19.8 Å². The second kappa shape index (κ2) is 13.8. The minimum absolute atomic E-state index is 0.0365. The molecule has 0 unspecified atom stereocenters. The van der Waals surface area contributed by atoms with Crippen molar-refractivity contribution in [3.8, 4) is 16.9 Å². The molecule has 11 nitrogen and oxygen atoms in total. The first-order chi connectivity index (χ1) is 24.1. The summed E-state index contributed by atoms with van der Waals surface area (Å²) in [5, 5.41) is 8.37. The Morgan fingerprint density at radius 3 is 2.48 bits per heavy atom. The Bertz CT molecular complexity index is 1960. The Morgan fingerprint density at radius 2 is 1.74 bits per heavy atom. The Kier molecular flexibility index (Phi) is 9.49. The number of pyridine rings is 1. The smallest absolute Gasteiger partial charge is 0.248 e. The number of aryl methyl sites for hydroxylation is 2. The minimum atomic E-state index is -0.643. The van der Waals surface area contributed by atoms with Crippen LogP contribution in [0.2, 0.25) is 0 Å². The van der Waals surface area contributed by atoms with Crippen molar-refractivity contribution in [2.75, 3.05) is 11.9 Å². The van der Waals surface area contributed by atoms with E-state index in [1.54, 1.807) is 17.1 Å². The zero-order valence-electron chi connectivity index (χ0n) is 29.2. The number of halogens is 1. The molecule has 4 atom stereocenters. The summed E-state index contributed by atoms with van der Waals surface area (Å²) in [5.74, 6) is 1.40. The van der Waals surface area contributed by atoms with E-state index in [4.69, 9.17) is 9.84 Å². The van der Waals surface area contributed by atoms with Crippen LogP contribution in [0.1, 0.15) is 93.5 Å². The fourth-order valence-electron chi connectivity index (χ4n) is 8.30. The lowest BCUT2D eigenvalue weighted by atomic mass is 9.89. The van der Waals surface area contributed by atoms with Gasteiger partial charge in [-0.2, -0.15) is 5.10 Å². The van der Waals surface area contributed by atoms with Gasteiger partial charge in [-0.05, 0) is 78.1 Å². The van der Waals surface area contributed by atoms with Gasteiger partial charge in [0.15, 0.2) is 5.78 Å². The number of nitrogens with zero attached hydrogens (tertiary/aromatic N) is 6. The van der Waals surface area contributed by atoms with Crippen molar-refractivity contribution in [3.05, 3.63) is 58.3 Å². The number of carbonyl (C=O) groups excluding carboxylic acids is 3. The Hall–Kier alpha value is -4.19. The van der Waals surface area contributed by atoms with E-state index in [9.17, 15) is 14.4 Å². The summed E-state index contributed by atoms with van der Waals surface area (Å²) in [4.78, 5) is 56.7. The van der Waals surface area contributed by atoms with Crippen LogP contribution in [-0.4, -0.2) is 65.9 Å². The number of hydrogen-bond acceptors (Lipinski definition) is 8. The van der Waals surface area contributed by atoms with Crippen LogP contribution in [0.25, 0.3) is 22.0 Å². The highest BCUT2D eigenvalue weighted by molar-refractivity contribution is 9.10. The molecule has 0 radical (unpaired) electrons. The van der Waals surface area contributed by atoms with E-state index < -0.39 is 6.04 Å². The van der Waals surface area contributed by atoms with Gasteiger partial charge in [-0.3, -0.25) is 19.1 Å². The normalized spacial score (nSPS) is 24.2. The van der Waals surface area contributed by atoms with Crippen LogP contribution in [0.3, 0.4) is 0 Å². The molecule has 0 spiro atoms. The maximum atomic E-state index is 14.5. The van der Waals surface area contributed by atoms with Crippen LogP contribution in [0.5, 0.6) is 5.75 Å². The second-order valence-electron chi connectivity index (χ2n) is 14.3. The summed E-state index contributed by atoms with van der Waals surface area (Å²) in [6, 6.07) is 6.84. The van der Waals surface area contributed by atoms with E-state index >= 15 is 0 Å². The van der Waals surface area contributed by atoms with Crippen LogP contribution in [0.15, 0.2) is 41.3 Å². The number of hydrogen-bond donors (Lipinski definition) is 1. The first-order valence-electron chi connectivity index (χ1n) is 17.8. The molecule has 50 heavy (non-hydrogen) atoms. The number of carbonyl (C=O) groups is 3. The van der Waals surface area contributed by atoms with Crippen molar-refractivity contribution in [2.24, 2.45) is 11.3 Å². The lowest BCUT2D eigenvalue weighted by Crippen LogP contribution is -2.47. The van der Waals surface area contributed by atoms with Crippen LogP contribution < -0.4 is 10.1 Å². The molecule has 3 aromatic heterocycles. The Labute approximate surface area is 300 Å². The first-order valence-corrected chi connectivity index (χ1v) is 18.6. The monoisotopic (exact) mass is 741 g/mol. The van der Waals surface area contributed by atoms with E-state index in [-0.39, 0.29) is 47.2 Å². The number of anilines is 1. The van der Waals surface area contributed by atoms with Crippen molar-refractivity contribution >= 4 is 50.2 Å². The number of amides is 2. The third-order valence-electron chi connectivity index (χ3n) is 11.1. The summed E-state index contributed by atoms with van der Waals surface area (Å²) in [6.07, 6.45) is 12.8. The minimum Gasteiger partial charge on any atom is -0.493 e. The number of rotatable bonds is 4. The molecule has 4 aromatic rings. The maximum Gasteiger partial charge on any atom is 0.248 e. The zero-order valence-corrected chi connectivity index (χ0v) is 30.8. The Morgan fingerprint density at radius 1 is 1.02 bits per heavy atom. The number of nitrogens with one attached hydrogen (secondary N) is 1. The maximum absolute atomic E-state index is 14.5. The Balaban J connectivity index is 1.28. The van der Waals surface area contributed by atoms with Gasteiger partial charge in [0.1, 0.15) is 40.3 Å². The third kappa shape index (κ3) is 6.42. The van der Waals surface area contributed by atoms with Gasteiger partial charge in [0.05, 0.1) is 12.1 Å². The molecule has 1 saturated carbocycles. The molecule has 1 saturated heterocycles. The molecule has 1 aliphatic carbocycles. The molecule has 12 heteroatoms. The molecular formula is C38H44BrN7O4. The van der Waals surface area contributed by atoms with E-state index in [0.717, 1.165) is 55.2 Å². The van der Waals surface area contributed by atoms with Gasteiger partial charge in [0.25, 0.3) is 0 Å². The molecule has 2 amide bonds. The number of ether oxygens (including phenoxy) is 1. The summed E-state index contributed by atoms with van der Waals surface area (Å²) < 4.78 is 8.64. The highest BCUT2D eigenvalue weighted by Gasteiger charge is 2.71. The number of benzene rings is 1. The molecule has 2 fully saturated rings. The topological polar surface area (TPSA) is 132 Å². The highest BCUT2D eigenvalue weighted by atomic mass is 79.9. The van der Waals surface area contributed by atoms with Crippen molar-refractivity contribution in [1.82, 2.24) is 29.6 Å². The van der Waals surface area contributed by atoms with Gasteiger partial charge in [0, 0.05) is 47.9 Å². The third-order valence-corrected chi connectivity index (χ3v) is 11.5. The van der Waals surface area contributed by atoms with Crippen LogP contribution in [-0.2, 0) is 16.1 Å². The lowest BCUT2D eigenvalue weighted by molar-refractivity contribution is -0.138. The second-order valence-corrected chi connectivity index (χ2v) is 15.1. The van der Waals surface area contributed by atoms with Crippen LogP contribution in [0.4, 0.5) is 5.82 Å². The van der Waals surface area contributed by atoms with Gasteiger partial charge in [-0.25, -0.2) is 15.0 Å². The van der Waals surface area contributed by atoms with Gasteiger partial charge in [0.2, 0.25) is 11.8 Å². The largest absolute Gasteiger partial charge is 0.493 e. The molecule has 1 aromatic carbocycles. The number of aromatic nitrogens is 5. The van der Waals surface area contributed by atoms with E-state index in [1.807, 2.05) is 43.0 Å². The SMILES string of the molecule is CC(=O)c1nn2c3cc(c(-c4cnc(C)nc4)cc13)OCCCCCCCCC[C@@]13C[C@@H](C(=O)Nc4nc(Br)ccc4C)N(C(=O)C2)[C@@H]1[C@@H]3C. The van der Waals surface area contributed by atoms with Gasteiger partial charge in [-0.1, -0.05) is 51.5 Å². The standard InChI is InChI=1S/C38H44BrN7O4/c1-22-12-13-32(39)42-36(22)43-37(49)30-18-38-14-10-8-6-5-7-9-11-15-50-31-17-29-28(16-27(31)26-19-40-25(4)41-20-26)34(24(3)47)44-45(29)21-33(48)46(30)35(38)23(38)2/h12-13,16-17,19-20,23,30,35H,5-11,14-15,18,21H2,1-4H3,(H,42,43,49)/t23-,30-,35+,38-/m0/s1. The van der Waals surface area contributed by atoms with Crippen molar-refractivity contribution in [3.63, 3.8) is 0 Å². The van der Waals surface area contributed by atoms with Gasteiger partial charge >= 0.3 is 0 Å². The van der Waals surface area contributed by atoms with Gasteiger partial charge in [-0.15, -0.1) is 0 Å². The number of piperidine rings is 1. The molecule has 2 aliphatic heterocycles. The predicted molar refractivity (Wildman–Crippen MR) is 194 cm³/mol. The average Bonchev–Trinajstić information content (AvgIpc) is 3.34. The molecule has 262 valence electrons. The fourth-order valence-corrected chi connectivity index (χ4v) is 8.61. The quantitative estimate of drug-likeness (QED) is 0.171. The summed E-state index contributed by atoms with van der Waals surface area (Å²) in [7, 11) is 0. The summed E-state index contributed by atoms with van der Waals surface area (Å²) in [5.41, 5.74) is 3.18. The van der Waals surface area contributed by atoms with Crippen molar-refractivity contribution in [2.45, 2.75) is 104 Å². The highest BCUT2D eigenvalue weighted by Crippen LogP contribution is 2.67. The lowest BCUT2D eigenvalue weighted by Gasteiger charge is -2.28. The summed E-state index contributed by atoms with van der Waals surface area (Å²) >= 11 is 3.42. The predicted octanol–water partition coefficient (Wildman–Crippen LogP) is 7.23. The number of fused-ring (bicyclic) bond motifs is 1. The first kappa shape index (κ1) is 34.3. The molecule has 1 N–H and O–H groups in total. The van der Waals surface area contributed by atoms with Crippen molar-refractivity contribution in [1.29, 1.82) is 0 Å². The average molecular weight is 743 g/mol. The van der Waals surface area contributed by atoms with Crippen LogP contribution >= 0.6 is 15.9 Å². The molecule has 3 aliphatic rings. The van der Waals surface area contributed by atoms with Crippen LogP contribution in [0, 0.1) is 25.2 Å². The van der Waals surface area contributed by atoms with Crippen molar-refractivity contribution < 1.29 is 19.1 Å². The molecule has 4 bridgehead atoms. The summed E-state index contributed by atoms with van der Waals surface area (Å²) in [6.45, 7) is 7.85. The molecule has 5 heterocycles. The number of ketones is 1. The zero-order chi connectivity index (χ0) is 35.2. The molecular weight excluding hydrogens is 698 g/mol. The fraction of sp³-hybridized carbons (Fsp3) is 0.500. The number of Topliss-reactive ketones (excluding diaryl/α,β-unsaturated/α-hetero) is 1. The van der Waals surface area contributed by atoms with E-state index in [0.29, 0.717) is 45.9 Å². The van der Waals surface area contributed by atoms with Gasteiger partial charge < -0.3 is 15.0 Å². The van der Waals surface area contributed by atoms with E-state index in [2.05, 4.69) is 43.1 Å². The molecule has 7 rings (SSSR count).